The van der Waals surface area contributed by atoms with Crippen molar-refractivity contribution >= 4 is 19.8 Å². The first-order valence-corrected chi connectivity index (χ1v) is 21.9. The van der Waals surface area contributed by atoms with Crippen molar-refractivity contribution in [3.63, 3.8) is 0 Å². The molecule has 0 nitrogen and oxygen atoms in total. The van der Waals surface area contributed by atoms with Crippen molar-refractivity contribution in [1.29, 1.82) is 0 Å². The Morgan fingerprint density at radius 2 is 0.297 bits per heavy atom. The fraction of sp³-hybridized carbons (Fsp3) is 1.00. The molecule has 0 N–H and O–H groups in total. The van der Waals surface area contributed by atoms with E-state index in [4.69, 9.17) is 0 Å². The Bertz CT molecular complexity index is 1400. The monoisotopic (exact) mass is 1160 g/mol. The summed E-state index contributed by atoms with van der Waals surface area (Å²) in [5.74, 6) is -126. The quantitative estimate of drug-likeness (QED) is 0.0794. The van der Waals surface area contributed by atoms with Crippen LogP contribution in [0.5, 0.6) is 0 Å². The summed E-state index contributed by atoms with van der Waals surface area (Å²) in [5.41, 5.74) is 0. The Hall–Kier alpha value is -1.93. The maximum atomic E-state index is 14.3. The molecule has 0 amide bonds. The molecule has 0 heterocycles. The zero-order chi connectivity index (χ0) is 52.8. The van der Waals surface area contributed by atoms with E-state index in [-0.39, 0.29) is 0 Å². The second-order valence-corrected chi connectivity index (χ2v) is 22.9. The Labute approximate surface area is 331 Å². The van der Waals surface area contributed by atoms with Gasteiger partial charge in [-0.15, -0.1) is 0 Å². The summed E-state index contributed by atoms with van der Waals surface area (Å²) in [5, 5.41) is 0. The molecule has 0 aromatic rings. The van der Waals surface area contributed by atoms with Crippen LogP contribution in [0.1, 0.15) is 19.3 Å². The van der Waals surface area contributed by atoms with E-state index >= 15 is 0 Å². The first-order valence-electron chi connectivity index (χ1n) is 14.9. The van der Waals surface area contributed by atoms with Crippen molar-refractivity contribution in [3.8, 4) is 0 Å². The van der Waals surface area contributed by atoms with Crippen LogP contribution in [0, 0.1) is 0 Å². The van der Waals surface area contributed by atoms with E-state index < -0.39 is 160 Å². The summed E-state index contributed by atoms with van der Waals surface area (Å²) in [6, 6.07) is 0. The van der Waals surface area contributed by atoms with Gasteiger partial charge in [0.15, 0.2) is 0 Å². The van der Waals surface area contributed by atoms with Gasteiger partial charge in [-0.25, -0.2) is 0 Å². The van der Waals surface area contributed by atoms with Crippen molar-refractivity contribution in [2.24, 2.45) is 0 Å². The van der Waals surface area contributed by atoms with Crippen LogP contribution < -0.4 is 0 Å². The van der Waals surface area contributed by atoms with Gasteiger partial charge in [-0.2, -0.15) is 0 Å². The molecule has 0 spiro atoms. The molecule has 0 aliphatic rings. The average Bonchev–Trinajstić information content (AvgIpc) is 3.05. The molecule has 40 heteroatoms. The van der Waals surface area contributed by atoms with E-state index in [2.05, 4.69) is 0 Å². The Morgan fingerprint density at radius 3 is 0.422 bits per heavy atom. The number of halogens is 39. The predicted octanol–water partition coefficient (Wildman–Crippen LogP) is 14.6. The van der Waals surface area contributed by atoms with Crippen LogP contribution in [-0.2, 0) is 0 Å². The SMILES string of the molecule is FC(F)(F)C(F)(F)C(F)(F)C(F)(F)C(F)(F)C(F)(F)C[CH2][SnH]([CH2]CC(F)(F)C(F)(F)C(F)(F)C(F)(F)C(F)(F)C(F)(F)F)[CH2]CC(F)(F)C(F)(F)C(F)(F)C(F)(F)C(F)(F)C(F)(F)F. The minimum absolute atomic E-state index is 3.08. The first-order chi connectivity index (χ1) is 27.0. The van der Waals surface area contributed by atoms with Gasteiger partial charge in [0.2, 0.25) is 0 Å². The van der Waals surface area contributed by atoms with Crippen molar-refractivity contribution in [3.05, 3.63) is 0 Å². The summed E-state index contributed by atoms with van der Waals surface area (Å²) >= 11 is -6.91. The van der Waals surface area contributed by atoms with E-state index in [0.717, 1.165) is 0 Å². The summed E-state index contributed by atoms with van der Waals surface area (Å²) in [6.07, 6.45) is -36.1. The molecule has 0 aliphatic carbocycles. The van der Waals surface area contributed by atoms with Crippen molar-refractivity contribution in [1.82, 2.24) is 0 Å². The first kappa shape index (κ1) is 62.1. The van der Waals surface area contributed by atoms with E-state index in [1.54, 1.807) is 0 Å². The van der Waals surface area contributed by atoms with E-state index in [0.29, 0.717) is 0 Å². The molecule has 0 aromatic carbocycles. The van der Waals surface area contributed by atoms with Crippen LogP contribution in [-0.4, -0.2) is 127 Å². The molecule has 0 unspecified atom stereocenters. The fourth-order valence-corrected chi connectivity index (χ4v) is 13.5. The van der Waals surface area contributed by atoms with Crippen molar-refractivity contribution < 1.29 is 171 Å². The zero-order valence-electron chi connectivity index (χ0n) is 28.6. The predicted molar refractivity (Wildman–Crippen MR) is 128 cm³/mol. The van der Waals surface area contributed by atoms with Crippen LogP contribution in [0.15, 0.2) is 0 Å². The third-order valence-electron chi connectivity index (χ3n) is 8.59. The van der Waals surface area contributed by atoms with Gasteiger partial charge >= 0.3 is 331 Å². The average molecular weight is 1160 g/mol. The molecule has 64 heavy (non-hydrogen) atoms. The molecule has 0 atom stereocenters. The molecule has 0 bridgehead atoms. The van der Waals surface area contributed by atoms with Gasteiger partial charge in [0.05, 0.1) is 0 Å². The van der Waals surface area contributed by atoms with Crippen LogP contribution in [0.4, 0.5) is 171 Å². The van der Waals surface area contributed by atoms with Crippen molar-refractivity contribution in [2.75, 3.05) is 0 Å². The zero-order valence-corrected chi connectivity index (χ0v) is 31.9. The van der Waals surface area contributed by atoms with Gasteiger partial charge in [0, 0.05) is 0 Å². The molecule has 0 fully saturated rings. The molecular formula is C24H13F39Sn. The van der Waals surface area contributed by atoms with Gasteiger partial charge < -0.3 is 0 Å². The van der Waals surface area contributed by atoms with Crippen LogP contribution in [0.2, 0.25) is 13.3 Å². The second-order valence-electron chi connectivity index (χ2n) is 13.0. The maximum absolute atomic E-state index is 14.3. The van der Waals surface area contributed by atoms with Crippen LogP contribution in [0.25, 0.3) is 0 Å². The van der Waals surface area contributed by atoms with Gasteiger partial charge in [-0.05, 0) is 0 Å². The summed E-state index contributed by atoms with van der Waals surface area (Å²) in [7, 11) is 0. The van der Waals surface area contributed by atoms with E-state index in [1.807, 2.05) is 0 Å². The number of rotatable bonds is 21. The standard InChI is InChI=1S/3C8H4F13.Sn.H/c3*1-2-3(9,10)4(11,12)5(13,14)6(15,16)7(17,18)8(19,20)21;;/h3*1-2H2;;. The van der Waals surface area contributed by atoms with Gasteiger partial charge in [-0.3, -0.25) is 0 Å². The third kappa shape index (κ3) is 9.18. The number of alkyl halides is 39. The molecule has 0 aromatic heterocycles. The Kier molecular flexibility index (Phi) is 16.1. The second kappa shape index (κ2) is 16.6. The molecule has 386 valence electrons. The molecule has 0 rings (SSSR count). The number of hydrogen-bond acceptors (Lipinski definition) is 0. The topological polar surface area (TPSA) is 0 Å². The molecule has 0 saturated carbocycles. The van der Waals surface area contributed by atoms with E-state index in [9.17, 15) is 171 Å². The van der Waals surface area contributed by atoms with Gasteiger partial charge in [0.1, 0.15) is 0 Å². The molecule has 0 radical (unpaired) electrons. The van der Waals surface area contributed by atoms with Gasteiger partial charge in [-0.1, -0.05) is 0 Å². The number of hydrogen-bond donors (Lipinski definition) is 0. The fourth-order valence-electron chi connectivity index (χ4n) is 4.47. The Morgan fingerprint density at radius 1 is 0.172 bits per heavy atom. The molecule has 0 aliphatic heterocycles. The minimum atomic E-state index is -8.80. The van der Waals surface area contributed by atoms with Gasteiger partial charge in [0.25, 0.3) is 0 Å². The molecule has 0 saturated heterocycles. The third-order valence-corrected chi connectivity index (χ3v) is 18.1. The summed E-state index contributed by atoms with van der Waals surface area (Å²) in [4.78, 5) is 0. The molecular weight excluding hydrogens is 1150 g/mol. The van der Waals surface area contributed by atoms with Crippen LogP contribution >= 0.6 is 0 Å². The summed E-state index contributed by atoms with van der Waals surface area (Å²) < 4.78 is 513. The van der Waals surface area contributed by atoms with Crippen LogP contribution in [0.3, 0.4) is 0 Å². The van der Waals surface area contributed by atoms with Crippen molar-refractivity contribution in [2.45, 2.75) is 140 Å². The normalized spacial score (nSPS) is 16.9. The summed E-state index contributed by atoms with van der Waals surface area (Å²) in [6.45, 7) is 0. The van der Waals surface area contributed by atoms with E-state index in [1.165, 1.54) is 0 Å². The Balaban J connectivity index is 7.50.